The van der Waals surface area contributed by atoms with Gasteiger partial charge < -0.3 is 26.0 Å². The van der Waals surface area contributed by atoms with Gasteiger partial charge in [-0.15, -0.1) is 0 Å². The van der Waals surface area contributed by atoms with Crippen LogP contribution in [0.5, 0.6) is 5.75 Å². The lowest BCUT2D eigenvalue weighted by Crippen LogP contribution is -2.39. The fourth-order valence-corrected chi connectivity index (χ4v) is 4.25. The lowest BCUT2D eigenvalue weighted by Gasteiger charge is -2.32. The molecule has 1 aliphatic rings. The summed E-state index contributed by atoms with van der Waals surface area (Å²) in [6.07, 6.45) is 8.06. The SMILES string of the molecule is C=CC(=O)N1CCCC(n2cc(Nc3ncc(C(N)=O)c(Nc4c(C)cccc4OCC(C)C)n3)cn2)C1. The molecule has 4 rings (SSSR count). The Morgan fingerprint density at radius 3 is 2.84 bits per heavy atom. The standard InChI is InChI=1S/C27H34N8O3/c1-5-23(36)34-11-7-9-20(15-34)35-14-19(12-30-35)31-27-29-13-21(25(28)37)26(33-27)32-24-18(4)8-6-10-22(24)38-16-17(2)3/h5-6,8,10,12-14,17,20H,1,7,9,11,15-16H2,2-4H3,(H2,28,37)(H2,29,31,32,33). The van der Waals surface area contributed by atoms with Crippen molar-refractivity contribution in [2.75, 3.05) is 30.3 Å². The van der Waals surface area contributed by atoms with Crippen LogP contribution in [0, 0.1) is 12.8 Å². The van der Waals surface area contributed by atoms with E-state index >= 15 is 0 Å². The van der Waals surface area contributed by atoms with Gasteiger partial charge in [0.2, 0.25) is 11.9 Å². The molecule has 1 aliphatic heterocycles. The maximum atomic E-state index is 12.1. The topological polar surface area (TPSA) is 140 Å². The quantitative estimate of drug-likeness (QED) is 0.343. The lowest BCUT2D eigenvalue weighted by molar-refractivity contribution is -0.127. The summed E-state index contributed by atoms with van der Waals surface area (Å²) in [7, 11) is 0. The van der Waals surface area contributed by atoms with Gasteiger partial charge in [-0.1, -0.05) is 32.6 Å². The van der Waals surface area contributed by atoms with Crippen LogP contribution in [0.25, 0.3) is 0 Å². The van der Waals surface area contributed by atoms with Gasteiger partial charge in [0.05, 0.1) is 30.2 Å². The van der Waals surface area contributed by atoms with E-state index in [0.717, 1.165) is 18.4 Å². The Balaban J connectivity index is 1.55. The Labute approximate surface area is 222 Å². The summed E-state index contributed by atoms with van der Waals surface area (Å²) in [6, 6.07) is 5.78. The molecule has 0 spiro atoms. The smallest absolute Gasteiger partial charge is 0.254 e. The minimum absolute atomic E-state index is 0.0592. The molecule has 38 heavy (non-hydrogen) atoms. The highest BCUT2D eigenvalue weighted by atomic mass is 16.5. The average molecular weight is 519 g/mol. The fraction of sp³-hybridized carbons (Fsp3) is 0.370. The number of para-hydroxylation sites is 1. The molecule has 11 nitrogen and oxygen atoms in total. The number of ether oxygens (including phenoxy) is 1. The number of rotatable bonds is 10. The summed E-state index contributed by atoms with van der Waals surface area (Å²) in [5, 5.41) is 10.9. The molecule has 200 valence electrons. The van der Waals surface area contributed by atoms with Crippen LogP contribution in [0.3, 0.4) is 0 Å². The largest absolute Gasteiger partial charge is 0.491 e. The van der Waals surface area contributed by atoms with Crippen LogP contribution < -0.4 is 21.1 Å². The Morgan fingerprint density at radius 2 is 2.11 bits per heavy atom. The molecule has 1 fully saturated rings. The van der Waals surface area contributed by atoms with Gasteiger partial charge in [-0.05, 0) is 43.4 Å². The van der Waals surface area contributed by atoms with Crippen molar-refractivity contribution in [3.8, 4) is 5.75 Å². The summed E-state index contributed by atoms with van der Waals surface area (Å²) in [5.41, 5.74) is 8.06. The third-order valence-electron chi connectivity index (χ3n) is 6.22. The number of nitrogens with one attached hydrogen (secondary N) is 2. The molecular weight excluding hydrogens is 484 g/mol. The van der Waals surface area contributed by atoms with Gasteiger partial charge in [0.25, 0.3) is 5.91 Å². The number of anilines is 4. The molecule has 4 N–H and O–H groups in total. The second-order valence-electron chi connectivity index (χ2n) is 9.72. The average Bonchev–Trinajstić information content (AvgIpc) is 3.37. The predicted molar refractivity (Wildman–Crippen MR) is 146 cm³/mol. The van der Waals surface area contributed by atoms with Gasteiger partial charge in [0, 0.05) is 25.5 Å². The van der Waals surface area contributed by atoms with Gasteiger partial charge in [-0.3, -0.25) is 14.3 Å². The molecule has 3 aromatic rings. The normalized spacial score (nSPS) is 15.3. The maximum Gasteiger partial charge on any atom is 0.254 e. The first-order valence-corrected chi connectivity index (χ1v) is 12.6. The van der Waals surface area contributed by atoms with Crippen LogP contribution >= 0.6 is 0 Å². The van der Waals surface area contributed by atoms with Crippen molar-refractivity contribution < 1.29 is 14.3 Å². The van der Waals surface area contributed by atoms with Gasteiger partial charge in [-0.2, -0.15) is 10.1 Å². The molecule has 2 amide bonds. The molecule has 1 saturated heterocycles. The first-order valence-electron chi connectivity index (χ1n) is 12.6. The number of carbonyl (C=O) groups is 2. The van der Waals surface area contributed by atoms with Crippen LogP contribution in [0.2, 0.25) is 0 Å². The molecule has 2 aromatic heterocycles. The first-order chi connectivity index (χ1) is 18.2. The zero-order valence-electron chi connectivity index (χ0n) is 22.0. The minimum Gasteiger partial charge on any atom is -0.491 e. The van der Waals surface area contributed by atoms with Crippen molar-refractivity contribution in [3.05, 3.63) is 60.6 Å². The van der Waals surface area contributed by atoms with E-state index in [9.17, 15) is 9.59 Å². The number of nitrogens with zero attached hydrogens (tertiary/aromatic N) is 5. The van der Waals surface area contributed by atoms with Gasteiger partial charge in [0.1, 0.15) is 17.1 Å². The highest BCUT2D eigenvalue weighted by Crippen LogP contribution is 2.32. The van der Waals surface area contributed by atoms with E-state index < -0.39 is 5.91 Å². The zero-order valence-corrected chi connectivity index (χ0v) is 22.0. The number of benzene rings is 1. The number of amides is 2. The van der Waals surface area contributed by atoms with E-state index in [-0.39, 0.29) is 29.3 Å². The second kappa shape index (κ2) is 11.8. The van der Waals surface area contributed by atoms with Crippen LogP contribution in [0.4, 0.5) is 23.1 Å². The number of aryl methyl sites for hydroxylation is 1. The number of nitrogens with two attached hydrogens (primary N) is 1. The summed E-state index contributed by atoms with van der Waals surface area (Å²) in [6.45, 7) is 11.5. The summed E-state index contributed by atoms with van der Waals surface area (Å²) < 4.78 is 7.83. The van der Waals surface area contributed by atoms with Gasteiger partial charge in [0.15, 0.2) is 0 Å². The minimum atomic E-state index is -0.652. The molecule has 11 heteroatoms. The lowest BCUT2D eigenvalue weighted by atomic mass is 10.1. The third kappa shape index (κ3) is 6.28. The van der Waals surface area contributed by atoms with Gasteiger partial charge in [-0.25, -0.2) is 4.98 Å². The van der Waals surface area contributed by atoms with E-state index in [1.165, 1.54) is 12.3 Å². The van der Waals surface area contributed by atoms with Gasteiger partial charge >= 0.3 is 0 Å². The van der Waals surface area contributed by atoms with Crippen LogP contribution in [-0.4, -0.2) is 56.2 Å². The molecule has 0 aliphatic carbocycles. The van der Waals surface area contributed by atoms with Crippen LogP contribution in [-0.2, 0) is 4.79 Å². The molecular formula is C27H34N8O3. The van der Waals surface area contributed by atoms with E-state index in [1.807, 2.05) is 36.0 Å². The Bertz CT molecular complexity index is 1320. The number of piperidine rings is 1. The van der Waals surface area contributed by atoms with Crippen LogP contribution in [0.15, 0.2) is 49.4 Å². The molecule has 1 unspecified atom stereocenters. The fourth-order valence-electron chi connectivity index (χ4n) is 4.25. The monoisotopic (exact) mass is 518 g/mol. The molecule has 0 bridgehead atoms. The summed E-state index contributed by atoms with van der Waals surface area (Å²) in [4.78, 5) is 34.8. The van der Waals surface area contributed by atoms with Crippen molar-refractivity contribution in [2.45, 2.75) is 39.7 Å². The van der Waals surface area contributed by atoms with Crippen LogP contribution in [0.1, 0.15) is 48.7 Å². The highest BCUT2D eigenvalue weighted by molar-refractivity contribution is 5.98. The first kappa shape index (κ1) is 26.6. The Morgan fingerprint density at radius 1 is 1.29 bits per heavy atom. The van der Waals surface area contributed by atoms with Crippen molar-refractivity contribution in [2.24, 2.45) is 11.7 Å². The van der Waals surface area contributed by atoms with E-state index in [4.69, 9.17) is 10.5 Å². The highest BCUT2D eigenvalue weighted by Gasteiger charge is 2.24. The summed E-state index contributed by atoms with van der Waals surface area (Å²) >= 11 is 0. The number of hydrogen-bond donors (Lipinski definition) is 3. The van der Waals surface area contributed by atoms with Crippen molar-refractivity contribution in [1.82, 2.24) is 24.6 Å². The molecule has 3 heterocycles. The van der Waals surface area contributed by atoms with Crippen molar-refractivity contribution >= 4 is 35.0 Å². The van der Waals surface area contributed by atoms with E-state index in [0.29, 0.717) is 42.7 Å². The number of carbonyl (C=O) groups excluding carboxylic acids is 2. The second-order valence-corrected chi connectivity index (χ2v) is 9.72. The number of primary amides is 1. The Hall–Kier alpha value is -4.41. The van der Waals surface area contributed by atoms with Crippen molar-refractivity contribution in [3.63, 3.8) is 0 Å². The Kier molecular flexibility index (Phi) is 8.25. The molecule has 1 atom stereocenters. The number of likely N-dealkylation sites (tertiary alicyclic amines) is 1. The molecule has 1 aromatic carbocycles. The zero-order chi connectivity index (χ0) is 27.2. The predicted octanol–water partition coefficient (Wildman–Crippen LogP) is 3.95. The number of hydrogen-bond acceptors (Lipinski definition) is 8. The summed E-state index contributed by atoms with van der Waals surface area (Å²) in [5.74, 6) is 0.800. The number of aromatic nitrogens is 4. The third-order valence-corrected chi connectivity index (χ3v) is 6.22. The molecule has 0 saturated carbocycles. The van der Waals surface area contributed by atoms with E-state index in [1.54, 1.807) is 11.1 Å². The molecule has 0 radical (unpaired) electrons. The van der Waals surface area contributed by atoms with Crippen molar-refractivity contribution in [1.29, 1.82) is 0 Å². The maximum absolute atomic E-state index is 12.1. The van der Waals surface area contributed by atoms with E-state index in [2.05, 4.69) is 46.1 Å².